The Morgan fingerprint density at radius 2 is 1.64 bits per heavy atom. The third-order valence-corrected chi connectivity index (χ3v) is 5.33. The Morgan fingerprint density at radius 1 is 1.00 bits per heavy atom. The molecule has 0 radical (unpaired) electrons. The maximum Gasteiger partial charge on any atom is 0.270 e. The van der Waals surface area contributed by atoms with Gasteiger partial charge in [0.2, 0.25) is 0 Å². The SMILES string of the molecule is COc1ccc(C(=O)N/C(=C/c2ccc([N+](=O)[O-])cc2)C(=O)N2CCN(C)CC2)cc1OC. The topological polar surface area (TPSA) is 114 Å². The summed E-state index contributed by atoms with van der Waals surface area (Å²) >= 11 is 0. The minimum Gasteiger partial charge on any atom is -0.493 e. The van der Waals surface area contributed by atoms with Crippen molar-refractivity contribution >= 4 is 23.6 Å². The second-order valence-electron chi connectivity index (χ2n) is 7.53. The molecule has 10 nitrogen and oxygen atoms in total. The van der Waals surface area contributed by atoms with Crippen LogP contribution in [0.4, 0.5) is 5.69 Å². The number of hydrogen-bond donors (Lipinski definition) is 1. The molecule has 1 fully saturated rings. The molecule has 0 bridgehead atoms. The fourth-order valence-electron chi connectivity index (χ4n) is 3.36. The van der Waals surface area contributed by atoms with Crippen LogP contribution in [0.1, 0.15) is 15.9 Å². The first kappa shape index (κ1) is 23.7. The minimum absolute atomic E-state index is 0.0616. The lowest BCUT2D eigenvalue weighted by Crippen LogP contribution is -2.49. The van der Waals surface area contributed by atoms with Gasteiger partial charge in [-0.1, -0.05) is 0 Å². The first-order chi connectivity index (χ1) is 15.8. The summed E-state index contributed by atoms with van der Waals surface area (Å²) in [7, 11) is 4.95. The smallest absolute Gasteiger partial charge is 0.270 e. The number of nitrogens with zero attached hydrogens (tertiary/aromatic N) is 3. The number of nitrogens with one attached hydrogen (secondary N) is 1. The zero-order chi connectivity index (χ0) is 24.0. The molecule has 2 amide bonds. The van der Waals surface area contributed by atoms with Crippen LogP contribution in [0.15, 0.2) is 48.2 Å². The molecule has 1 saturated heterocycles. The number of benzene rings is 2. The van der Waals surface area contributed by atoms with E-state index in [1.54, 1.807) is 17.0 Å². The summed E-state index contributed by atoms with van der Waals surface area (Å²) in [6.45, 7) is 2.50. The summed E-state index contributed by atoms with van der Waals surface area (Å²) in [6, 6.07) is 10.4. The van der Waals surface area contributed by atoms with Gasteiger partial charge in [-0.25, -0.2) is 0 Å². The van der Waals surface area contributed by atoms with Gasteiger partial charge in [-0.2, -0.15) is 0 Å². The maximum absolute atomic E-state index is 13.2. The average Bonchev–Trinajstić information content (AvgIpc) is 2.83. The largest absolute Gasteiger partial charge is 0.493 e. The van der Waals surface area contributed by atoms with Gasteiger partial charge >= 0.3 is 0 Å². The van der Waals surface area contributed by atoms with Crippen molar-refractivity contribution in [2.24, 2.45) is 0 Å². The van der Waals surface area contributed by atoms with Crippen LogP contribution < -0.4 is 14.8 Å². The van der Waals surface area contributed by atoms with Gasteiger partial charge in [0.15, 0.2) is 11.5 Å². The molecule has 1 heterocycles. The summed E-state index contributed by atoms with van der Waals surface area (Å²) in [5, 5.41) is 13.6. The summed E-state index contributed by atoms with van der Waals surface area (Å²) in [5.41, 5.74) is 0.848. The Morgan fingerprint density at radius 3 is 2.21 bits per heavy atom. The molecule has 33 heavy (non-hydrogen) atoms. The maximum atomic E-state index is 13.2. The first-order valence-corrected chi connectivity index (χ1v) is 10.3. The second-order valence-corrected chi connectivity index (χ2v) is 7.53. The summed E-state index contributed by atoms with van der Waals surface area (Å²) in [4.78, 5) is 40.4. The number of rotatable bonds is 7. The lowest BCUT2D eigenvalue weighted by atomic mass is 10.1. The predicted octanol–water partition coefficient (Wildman–Crippen LogP) is 2.16. The van der Waals surface area contributed by atoms with E-state index in [0.29, 0.717) is 30.2 Å². The van der Waals surface area contributed by atoms with Crippen LogP contribution in [0, 0.1) is 10.1 Å². The van der Waals surface area contributed by atoms with Gasteiger partial charge in [0.05, 0.1) is 19.1 Å². The molecule has 2 aromatic rings. The molecule has 0 aromatic heterocycles. The van der Waals surface area contributed by atoms with E-state index in [-0.39, 0.29) is 22.9 Å². The highest BCUT2D eigenvalue weighted by atomic mass is 16.6. The van der Waals surface area contributed by atoms with Crippen LogP contribution in [0.25, 0.3) is 6.08 Å². The van der Waals surface area contributed by atoms with E-state index < -0.39 is 10.8 Å². The standard InChI is InChI=1S/C23H26N4O6/c1-25-10-12-26(13-11-25)23(29)19(14-16-4-7-18(8-5-16)27(30)31)24-22(28)17-6-9-20(32-2)21(15-17)33-3/h4-9,14-15H,10-13H2,1-3H3,(H,24,28)/b19-14+. The third kappa shape index (κ3) is 5.86. The van der Waals surface area contributed by atoms with Crippen molar-refractivity contribution < 1.29 is 24.0 Å². The number of nitro benzene ring substituents is 1. The number of methoxy groups -OCH3 is 2. The van der Waals surface area contributed by atoms with Gasteiger partial charge in [0.25, 0.3) is 17.5 Å². The first-order valence-electron chi connectivity index (χ1n) is 10.3. The van der Waals surface area contributed by atoms with Crippen molar-refractivity contribution in [3.63, 3.8) is 0 Å². The number of non-ortho nitro benzene ring substituents is 1. The number of piperazine rings is 1. The number of likely N-dealkylation sites (N-methyl/N-ethyl adjacent to an activating group) is 1. The van der Waals surface area contributed by atoms with Crippen LogP contribution in [-0.4, -0.2) is 74.0 Å². The Labute approximate surface area is 191 Å². The fourth-order valence-corrected chi connectivity index (χ4v) is 3.36. The van der Waals surface area contributed by atoms with Crippen molar-refractivity contribution in [3.05, 3.63) is 69.4 Å². The van der Waals surface area contributed by atoms with E-state index in [1.807, 2.05) is 7.05 Å². The van der Waals surface area contributed by atoms with Crippen LogP contribution >= 0.6 is 0 Å². The van der Waals surface area contributed by atoms with Gasteiger partial charge in [-0.3, -0.25) is 19.7 Å². The fraction of sp³-hybridized carbons (Fsp3) is 0.304. The highest BCUT2D eigenvalue weighted by molar-refractivity contribution is 6.05. The zero-order valence-electron chi connectivity index (χ0n) is 18.7. The lowest BCUT2D eigenvalue weighted by molar-refractivity contribution is -0.384. The normalized spacial score (nSPS) is 14.5. The summed E-state index contributed by atoms with van der Waals surface area (Å²) in [5.74, 6) is 0.0440. The number of nitro groups is 1. The highest BCUT2D eigenvalue weighted by Crippen LogP contribution is 2.27. The Kier molecular flexibility index (Phi) is 7.62. The van der Waals surface area contributed by atoms with Crippen LogP contribution in [-0.2, 0) is 4.79 Å². The molecule has 0 atom stereocenters. The number of carbonyl (C=O) groups is 2. The van der Waals surface area contributed by atoms with Crippen LogP contribution in [0.2, 0.25) is 0 Å². The van der Waals surface area contributed by atoms with E-state index in [4.69, 9.17) is 9.47 Å². The quantitative estimate of drug-likeness (QED) is 0.387. The predicted molar refractivity (Wildman–Crippen MR) is 122 cm³/mol. The van der Waals surface area contributed by atoms with Crippen molar-refractivity contribution in [1.82, 2.24) is 15.1 Å². The molecule has 0 saturated carbocycles. The second kappa shape index (κ2) is 10.6. The average molecular weight is 454 g/mol. The van der Waals surface area contributed by atoms with E-state index in [2.05, 4.69) is 10.2 Å². The summed E-state index contributed by atoms with van der Waals surface area (Å²) < 4.78 is 10.5. The Balaban J connectivity index is 1.90. The molecule has 0 aliphatic carbocycles. The Hall–Kier alpha value is -3.92. The van der Waals surface area contributed by atoms with Gasteiger partial charge in [0.1, 0.15) is 5.70 Å². The molecule has 0 unspecified atom stereocenters. The zero-order valence-corrected chi connectivity index (χ0v) is 18.7. The van der Waals surface area contributed by atoms with E-state index in [0.717, 1.165) is 13.1 Å². The Bertz CT molecular complexity index is 1060. The molecule has 174 valence electrons. The number of carbonyl (C=O) groups excluding carboxylic acids is 2. The number of amides is 2. The van der Waals surface area contributed by atoms with Gasteiger partial charge in [0, 0.05) is 43.9 Å². The van der Waals surface area contributed by atoms with E-state index in [9.17, 15) is 19.7 Å². The number of hydrogen-bond acceptors (Lipinski definition) is 7. The molecular weight excluding hydrogens is 428 g/mol. The van der Waals surface area contributed by atoms with Gasteiger partial charge in [-0.15, -0.1) is 0 Å². The van der Waals surface area contributed by atoms with Gasteiger partial charge in [-0.05, 0) is 49.0 Å². The monoisotopic (exact) mass is 454 g/mol. The molecule has 1 aliphatic heterocycles. The van der Waals surface area contributed by atoms with Gasteiger partial charge < -0.3 is 24.6 Å². The van der Waals surface area contributed by atoms with Crippen molar-refractivity contribution in [1.29, 1.82) is 0 Å². The molecule has 2 aromatic carbocycles. The van der Waals surface area contributed by atoms with E-state index >= 15 is 0 Å². The van der Waals surface area contributed by atoms with Crippen molar-refractivity contribution in [2.45, 2.75) is 0 Å². The molecule has 0 spiro atoms. The van der Waals surface area contributed by atoms with Crippen molar-refractivity contribution in [2.75, 3.05) is 47.4 Å². The molecule has 3 rings (SSSR count). The van der Waals surface area contributed by atoms with E-state index in [1.165, 1.54) is 50.6 Å². The number of ether oxygens (including phenoxy) is 2. The molecular formula is C23H26N4O6. The highest BCUT2D eigenvalue weighted by Gasteiger charge is 2.24. The lowest BCUT2D eigenvalue weighted by Gasteiger charge is -2.33. The van der Waals surface area contributed by atoms with Crippen molar-refractivity contribution in [3.8, 4) is 11.5 Å². The van der Waals surface area contributed by atoms with Crippen LogP contribution in [0.3, 0.4) is 0 Å². The van der Waals surface area contributed by atoms with Crippen LogP contribution in [0.5, 0.6) is 11.5 Å². The molecule has 1 N–H and O–H groups in total. The molecule has 10 heteroatoms. The summed E-state index contributed by atoms with van der Waals surface area (Å²) in [6.07, 6.45) is 1.52. The third-order valence-electron chi connectivity index (χ3n) is 5.33. The molecule has 1 aliphatic rings. The minimum atomic E-state index is -0.497.